The van der Waals surface area contributed by atoms with Crippen molar-refractivity contribution in [2.24, 2.45) is 0 Å². The molecule has 2 nitrogen and oxygen atoms in total. The Labute approximate surface area is 163 Å². The number of rotatable bonds is 17. The maximum absolute atomic E-state index is 11.8. The van der Waals surface area contributed by atoms with E-state index in [1.807, 2.05) is 4.90 Å². The number of hydrogen-bond donors (Lipinski definition) is 0. The summed E-state index contributed by atoms with van der Waals surface area (Å²) in [5.41, 5.74) is 0. The molecule has 1 amide bonds. The Morgan fingerprint density at radius 2 is 1.12 bits per heavy atom. The Kier molecular flexibility index (Phi) is 15.8. The first-order valence-electron chi connectivity index (χ1n) is 11.8. The lowest BCUT2D eigenvalue weighted by molar-refractivity contribution is -0.125. The summed E-state index contributed by atoms with van der Waals surface area (Å²) in [5.74, 6) is 0.225. The van der Waals surface area contributed by atoms with E-state index in [4.69, 9.17) is 0 Å². The molecule has 1 aliphatic rings. The molecule has 0 radical (unpaired) electrons. The van der Waals surface area contributed by atoms with Crippen molar-refractivity contribution in [3.63, 3.8) is 0 Å². The first-order chi connectivity index (χ1) is 12.8. The molecule has 1 heterocycles. The highest BCUT2D eigenvalue weighted by molar-refractivity contribution is 5.87. The highest BCUT2D eigenvalue weighted by Crippen LogP contribution is 2.14. The summed E-state index contributed by atoms with van der Waals surface area (Å²) in [6.07, 6.45) is 28.4. The summed E-state index contributed by atoms with van der Waals surface area (Å²) in [4.78, 5) is 13.8. The van der Waals surface area contributed by atoms with Crippen molar-refractivity contribution < 1.29 is 4.79 Å². The fraction of sp³-hybridized carbons (Fsp3) is 0.875. The zero-order chi connectivity index (χ0) is 18.7. The highest BCUT2D eigenvalue weighted by atomic mass is 16.2. The Morgan fingerprint density at radius 3 is 1.58 bits per heavy atom. The number of hydrogen-bond acceptors (Lipinski definition) is 1. The van der Waals surface area contributed by atoms with Crippen LogP contribution in [-0.4, -0.2) is 23.9 Å². The van der Waals surface area contributed by atoms with Crippen molar-refractivity contribution >= 4 is 5.91 Å². The van der Waals surface area contributed by atoms with Crippen LogP contribution in [0.2, 0.25) is 0 Å². The predicted molar refractivity (Wildman–Crippen MR) is 115 cm³/mol. The van der Waals surface area contributed by atoms with Crippen molar-refractivity contribution in [2.75, 3.05) is 13.1 Å². The molecule has 1 saturated heterocycles. The number of nitrogens with zero attached hydrogens (tertiary/aromatic N) is 1. The molecule has 0 aliphatic carbocycles. The lowest BCUT2D eigenvalue weighted by Gasteiger charge is -2.11. The zero-order valence-corrected chi connectivity index (χ0v) is 17.7. The van der Waals surface area contributed by atoms with E-state index in [-0.39, 0.29) is 5.91 Å². The minimum absolute atomic E-state index is 0.225. The topological polar surface area (TPSA) is 20.3 Å². The monoisotopic (exact) mass is 363 g/mol. The summed E-state index contributed by atoms with van der Waals surface area (Å²) in [6, 6.07) is 0. The second-order valence-electron chi connectivity index (χ2n) is 8.17. The third-order valence-electron chi connectivity index (χ3n) is 5.65. The van der Waals surface area contributed by atoms with Gasteiger partial charge in [0.15, 0.2) is 0 Å². The molecular formula is C24H45NO. The quantitative estimate of drug-likeness (QED) is 0.194. The van der Waals surface area contributed by atoms with Gasteiger partial charge in [-0.1, -0.05) is 103 Å². The molecule has 0 aromatic heterocycles. The van der Waals surface area contributed by atoms with Gasteiger partial charge in [-0.2, -0.15) is 0 Å². The normalized spacial score (nSPS) is 14.6. The smallest absolute Gasteiger partial charge is 0.246 e. The van der Waals surface area contributed by atoms with Gasteiger partial charge in [0, 0.05) is 13.1 Å². The van der Waals surface area contributed by atoms with Crippen molar-refractivity contribution in [3.05, 3.63) is 12.2 Å². The summed E-state index contributed by atoms with van der Waals surface area (Å²) in [6.45, 7) is 4.21. The second kappa shape index (κ2) is 17.6. The molecule has 1 aliphatic heterocycles. The van der Waals surface area contributed by atoms with Gasteiger partial charge in [0.1, 0.15) is 0 Å². The van der Waals surface area contributed by atoms with Crippen LogP contribution in [0.15, 0.2) is 12.2 Å². The lowest BCUT2D eigenvalue weighted by atomic mass is 10.0. The second-order valence-corrected chi connectivity index (χ2v) is 8.17. The molecular weight excluding hydrogens is 318 g/mol. The minimum atomic E-state index is 0.225. The fourth-order valence-corrected chi connectivity index (χ4v) is 3.86. The van der Waals surface area contributed by atoms with E-state index in [1.54, 1.807) is 6.08 Å². The van der Waals surface area contributed by atoms with Gasteiger partial charge in [-0.15, -0.1) is 0 Å². The van der Waals surface area contributed by atoms with E-state index >= 15 is 0 Å². The van der Waals surface area contributed by atoms with Crippen molar-refractivity contribution in [1.29, 1.82) is 0 Å². The summed E-state index contributed by atoms with van der Waals surface area (Å²) < 4.78 is 0. The van der Waals surface area contributed by atoms with Gasteiger partial charge < -0.3 is 4.90 Å². The number of carbonyl (C=O) groups excluding carboxylic acids is 1. The van der Waals surface area contributed by atoms with E-state index in [0.29, 0.717) is 0 Å². The van der Waals surface area contributed by atoms with E-state index < -0.39 is 0 Å². The zero-order valence-electron chi connectivity index (χ0n) is 17.7. The summed E-state index contributed by atoms with van der Waals surface area (Å²) >= 11 is 0. The van der Waals surface area contributed by atoms with E-state index in [1.165, 1.54) is 109 Å². The molecule has 0 saturated carbocycles. The Hall–Kier alpha value is -0.790. The van der Waals surface area contributed by atoms with Crippen molar-refractivity contribution in [2.45, 2.75) is 122 Å². The number of allylic oxidation sites excluding steroid dienone is 1. The molecule has 0 aromatic carbocycles. The molecule has 0 unspecified atom stereocenters. The lowest BCUT2D eigenvalue weighted by Crippen LogP contribution is -2.25. The van der Waals surface area contributed by atoms with Gasteiger partial charge in [0.25, 0.3) is 0 Å². The minimum Gasteiger partial charge on any atom is -0.339 e. The van der Waals surface area contributed by atoms with Gasteiger partial charge in [-0.3, -0.25) is 4.79 Å². The van der Waals surface area contributed by atoms with Crippen LogP contribution < -0.4 is 0 Å². The predicted octanol–water partition coefficient (Wildman–Crippen LogP) is 7.43. The summed E-state index contributed by atoms with van der Waals surface area (Å²) in [7, 11) is 0. The molecule has 26 heavy (non-hydrogen) atoms. The molecule has 0 spiro atoms. The Bertz CT molecular complexity index is 344. The SMILES string of the molecule is CCCCCCCCCCCCCCCCCC=CC(=O)N1CCCC1. The van der Waals surface area contributed by atoms with Crippen LogP contribution in [0, 0.1) is 0 Å². The molecule has 0 N–H and O–H groups in total. The van der Waals surface area contributed by atoms with Crippen LogP contribution in [0.5, 0.6) is 0 Å². The molecule has 0 bridgehead atoms. The molecule has 1 fully saturated rings. The van der Waals surface area contributed by atoms with Gasteiger partial charge in [-0.05, 0) is 31.8 Å². The van der Waals surface area contributed by atoms with Crippen molar-refractivity contribution in [3.8, 4) is 0 Å². The van der Waals surface area contributed by atoms with Gasteiger partial charge >= 0.3 is 0 Å². The molecule has 1 rings (SSSR count). The Morgan fingerprint density at radius 1 is 0.692 bits per heavy atom. The maximum atomic E-state index is 11.8. The molecule has 0 aromatic rings. The van der Waals surface area contributed by atoms with Gasteiger partial charge in [-0.25, -0.2) is 0 Å². The standard InChI is InChI=1S/C24H45NO/c1-2-3-4-5-6-7-8-9-10-11-12-13-14-15-16-17-18-21-24(26)25-22-19-20-23-25/h18,21H,2-17,19-20,22-23H2,1H3. The van der Waals surface area contributed by atoms with Gasteiger partial charge in [0.05, 0.1) is 0 Å². The fourth-order valence-electron chi connectivity index (χ4n) is 3.86. The van der Waals surface area contributed by atoms with Crippen LogP contribution >= 0.6 is 0 Å². The average Bonchev–Trinajstić information content (AvgIpc) is 3.19. The van der Waals surface area contributed by atoms with Crippen molar-refractivity contribution in [1.82, 2.24) is 4.90 Å². The third kappa shape index (κ3) is 13.4. The molecule has 2 heteroatoms. The van der Waals surface area contributed by atoms with E-state index in [9.17, 15) is 4.79 Å². The average molecular weight is 364 g/mol. The van der Waals surface area contributed by atoms with Crippen LogP contribution in [0.1, 0.15) is 122 Å². The number of unbranched alkanes of at least 4 members (excludes halogenated alkanes) is 15. The molecule has 0 atom stereocenters. The third-order valence-corrected chi connectivity index (χ3v) is 5.65. The van der Waals surface area contributed by atoms with Gasteiger partial charge in [0.2, 0.25) is 5.91 Å². The first kappa shape index (κ1) is 23.2. The number of carbonyl (C=O) groups is 1. The highest BCUT2D eigenvalue weighted by Gasteiger charge is 2.14. The summed E-state index contributed by atoms with van der Waals surface area (Å²) in [5, 5.41) is 0. The van der Waals surface area contributed by atoms with Crippen LogP contribution in [0.4, 0.5) is 0 Å². The molecule has 152 valence electrons. The Balaban J connectivity index is 1.73. The van der Waals surface area contributed by atoms with E-state index in [0.717, 1.165) is 19.5 Å². The number of amides is 1. The van der Waals surface area contributed by atoms with E-state index in [2.05, 4.69) is 13.0 Å². The largest absolute Gasteiger partial charge is 0.339 e. The van der Waals surface area contributed by atoms with Crippen LogP contribution in [0.25, 0.3) is 0 Å². The first-order valence-corrected chi connectivity index (χ1v) is 11.8. The van der Waals surface area contributed by atoms with Crippen LogP contribution in [0.3, 0.4) is 0 Å². The maximum Gasteiger partial charge on any atom is 0.246 e. The van der Waals surface area contributed by atoms with Crippen LogP contribution in [-0.2, 0) is 4.79 Å². The number of likely N-dealkylation sites (tertiary alicyclic amines) is 1.